The normalized spacial score (nSPS) is 14.6. The highest BCUT2D eigenvalue weighted by molar-refractivity contribution is 5.89. The van der Waals surface area contributed by atoms with Crippen LogP contribution in [-0.4, -0.2) is 30.5 Å². The van der Waals surface area contributed by atoms with Gasteiger partial charge in [-0.1, -0.05) is 12.1 Å². The zero-order valence-electron chi connectivity index (χ0n) is 9.72. The lowest BCUT2D eigenvalue weighted by Crippen LogP contribution is -2.13. The number of esters is 1. The molecule has 0 atom stereocenters. The van der Waals surface area contributed by atoms with Crippen LogP contribution < -0.4 is 5.73 Å². The molecule has 5 nitrogen and oxygen atoms in total. The van der Waals surface area contributed by atoms with Gasteiger partial charge in [0.1, 0.15) is 5.84 Å². The summed E-state index contributed by atoms with van der Waals surface area (Å²) in [6.45, 7) is 1.56. The van der Waals surface area contributed by atoms with Gasteiger partial charge in [-0.2, -0.15) is 5.10 Å². The Morgan fingerprint density at radius 2 is 2.18 bits per heavy atom. The number of methoxy groups -OCH3 is 1. The van der Waals surface area contributed by atoms with Crippen molar-refractivity contribution in [2.75, 3.05) is 13.7 Å². The summed E-state index contributed by atoms with van der Waals surface area (Å²) in [5, 5.41) is 6.11. The summed E-state index contributed by atoms with van der Waals surface area (Å²) < 4.78 is 4.64. The van der Waals surface area contributed by atoms with E-state index in [1.54, 1.807) is 12.1 Å². The molecule has 2 rings (SSSR count). The second-order valence-electron chi connectivity index (χ2n) is 3.92. The van der Waals surface area contributed by atoms with E-state index in [2.05, 4.69) is 9.84 Å². The van der Waals surface area contributed by atoms with Gasteiger partial charge >= 0.3 is 5.97 Å². The lowest BCUT2D eigenvalue weighted by molar-refractivity contribution is 0.0600. The average molecular weight is 233 g/mol. The smallest absolute Gasteiger partial charge is 0.337 e. The minimum absolute atomic E-state index is 0.319. The van der Waals surface area contributed by atoms with Gasteiger partial charge in [0.2, 0.25) is 0 Å². The number of nitrogens with zero attached hydrogens (tertiary/aromatic N) is 2. The molecule has 0 unspecified atom stereocenters. The van der Waals surface area contributed by atoms with Crippen molar-refractivity contribution in [3.05, 3.63) is 35.4 Å². The van der Waals surface area contributed by atoms with Gasteiger partial charge in [0, 0.05) is 13.0 Å². The molecule has 0 aromatic heterocycles. The molecular formula is C12H15N3O2. The number of nitrogens with two attached hydrogens (primary N) is 1. The zero-order valence-corrected chi connectivity index (χ0v) is 9.72. The first-order valence-corrected chi connectivity index (χ1v) is 5.44. The summed E-state index contributed by atoms with van der Waals surface area (Å²) in [6.07, 6.45) is 0.820. The Morgan fingerprint density at radius 1 is 1.47 bits per heavy atom. The molecule has 5 heteroatoms. The number of rotatable bonds is 3. The van der Waals surface area contributed by atoms with Crippen molar-refractivity contribution in [1.29, 1.82) is 0 Å². The van der Waals surface area contributed by atoms with Crippen LogP contribution in [0.2, 0.25) is 0 Å². The van der Waals surface area contributed by atoms with E-state index in [4.69, 9.17) is 5.73 Å². The van der Waals surface area contributed by atoms with E-state index < -0.39 is 0 Å². The number of benzene rings is 1. The maximum absolute atomic E-state index is 11.2. The van der Waals surface area contributed by atoms with Gasteiger partial charge in [-0.15, -0.1) is 0 Å². The van der Waals surface area contributed by atoms with E-state index in [1.807, 2.05) is 17.1 Å². The fourth-order valence-corrected chi connectivity index (χ4v) is 1.71. The number of ether oxygens (including phenoxy) is 1. The molecule has 0 radical (unpaired) electrons. The van der Waals surface area contributed by atoms with Crippen LogP contribution in [-0.2, 0) is 11.3 Å². The highest BCUT2D eigenvalue weighted by atomic mass is 16.5. The van der Waals surface area contributed by atoms with E-state index in [0.717, 1.165) is 18.5 Å². The lowest BCUT2D eigenvalue weighted by atomic mass is 10.1. The number of carbonyl (C=O) groups is 1. The molecule has 1 aliphatic rings. The van der Waals surface area contributed by atoms with Gasteiger partial charge < -0.3 is 10.5 Å². The second kappa shape index (κ2) is 4.86. The Kier molecular flexibility index (Phi) is 3.27. The third kappa shape index (κ3) is 2.75. The maximum Gasteiger partial charge on any atom is 0.337 e. The molecule has 0 aliphatic carbocycles. The van der Waals surface area contributed by atoms with Gasteiger partial charge in [-0.25, -0.2) is 4.79 Å². The van der Waals surface area contributed by atoms with Crippen LogP contribution in [0, 0.1) is 0 Å². The van der Waals surface area contributed by atoms with Gasteiger partial charge in [0.15, 0.2) is 0 Å². The largest absolute Gasteiger partial charge is 0.465 e. The summed E-state index contributed by atoms with van der Waals surface area (Å²) in [5.41, 5.74) is 7.26. The number of amidine groups is 1. The first-order chi connectivity index (χ1) is 8.19. The van der Waals surface area contributed by atoms with Gasteiger partial charge in [0.25, 0.3) is 0 Å². The van der Waals surface area contributed by atoms with Crippen molar-refractivity contribution in [1.82, 2.24) is 5.01 Å². The van der Waals surface area contributed by atoms with Gasteiger partial charge in [-0.05, 0) is 17.7 Å². The first-order valence-electron chi connectivity index (χ1n) is 5.44. The predicted molar refractivity (Wildman–Crippen MR) is 64.4 cm³/mol. The summed E-state index contributed by atoms with van der Waals surface area (Å²) in [4.78, 5) is 11.2. The molecule has 2 N–H and O–H groups in total. The number of hydrogen-bond acceptors (Lipinski definition) is 5. The van der Waals surface area contributed by atoms with Crippen molar-refractivity contribution >= 4 is 11.8 Å². The molecular weight excluding hydrogens is 218 g/mol. The Balaban J connectivity index is 2.01. The molecule has 0 amide bonds. The number of hydrogen-bond donors (Lipinski definition) is 1. The van der Waals surface area contributed by atoms with E-state index in [9.17, 15) is 4.79 Å². The summed E-state index contributed by atoms with van der Waals surface area (Å²) >= 11 is 0. The van der Waals surface area contributed by atoms with Gasteiger partial charge in [-0.3, -0.25) is 5.01 Å². The molecule has 1 heterocycles. The standard InChI is InChI=1S/C12H15N3O2/c1-17-12(16)10-4-2-9(3-5-10)8-15-7-6-11(13)14-15/h2-5H,6-8H2,1H3,(H2,13,14). The van der Waals surface area contributed by atoms with Crippen molar-refractivity contribution in [2.45, 2.75) is 13.0 Å². The second-order valence-corrected chi connectivity index (χ2v) is 3.92. The molecule has 0 saturated heterocycles. The first kappa shape index (κ1) is 11.4. The molecule has 0 bridgehead atoms. The zero-order chi connectivity index (χ0) is 12.3. The molecule has 0 saturated carbocycles. The van der Waals surface area contributed by atoms with Crippen molar-refractivity contribution < 1.29 is 9.53 Å². The Hall–Kier alpha value is -2.04. The quantitative estimate of drug-likeness (QED) is 0.789. The topological polar surface area (TPSA) is 67.9 Å². The molecule has 0 fully saturated rings. The third-order valence-corrected chi connectivity index (χ3v) is 2.64. The molecule has 0 spiro atoms. The summed E-state index contributed by atoms with van der Waals surface area (Å²) in [6, 6.07) is 7.31. The number of carbonyl (C=O) groups excluding carboxylic acids is 1. The fourth-order valence-electron chi connectivity index (χ4n) is 1.71. The Labute approximate surface area is 99.9 Å². The Morgan fingerprint density at radius 3 is 2.71 bits per heavy atom. The third-order valence-electron chi connectivity index (χ3n) is 2.64. The monoisotopic (exact) mass is 233 g/mol. The van der Waals surface area contributed by atoms with Crippen molar-refractivity contribution in [3.8, 4) is 0 Å². The summed E-state index contributed by atoms with van der Waals surface area (Å²) in [5.74, 6) is 0.358. The highest BCUT2D eigenvalue weighted by Crippen LogP contribution is 2.11. The summed E-state index contributed by atoms with van der Waals surface area (Å²) in [7, 11) is 1.37. The van der Waals surface area contributed by atoms with Crippen LogP contribution >= 0.6 is 0 Å². The number of hydrazone groups is 1. The van der Waals surface area contributed by atoms with Gasteiger partial charge in [0.05, 0.1) is 19.2 Å². The predicted octanol–water partition coefficient (Wildman–Crippen LogP) is 0.951. The minimum Gasteiger partial charge on any atom is -0.465 e. The maximum atomic E-state index is 11.2. The van der Waals surface area contributed by atoms with Crippen LogP contribution in [0.4, 0.5) is 0 Å². The molecule has 1 aliphatic heterocycles. The molecule has 1 aromatic rings. The van der Waals surface area contributed by atoms with Crippen LogP contribution in [0.15, 0.2) is 29.4 Å². The Bertz CT molecular complexity index is 440. The minimum atomic E-state index is -0.319. The van der Waals surface area contributed by atoms with Crippen molar-refractivity contribution in [2.24, 2.45) is 10.8 Å². The van der Waals surface area contributed by atoms with Crippen LogP contribution in [0.25, 0.3) is 0 Å². The van der Waals surface area contributed by atoms with Crippen LogP contribution in [0.3, 0.4) is 0 Å². The lowest BCUT2D eigenvalue weighted by Gasteiger charge is -2.13. The van der Waals surface area contributed by atoms with Crippen molar-refractivity contribution in [3.63, 3.8) is 0 Å². The SMILES string of the molecule is COC(=O)c1ccc(CN2CCC(N)=N2)cc1. The van der Waals surface area contributed by atoms with E-state index in [0.29, 0.717) is 17.9 Å². The molecule has 90 valence electrons. The fraction of sp³-hybridized carbons (Fsp3) is 0.333. The van der Waals surface area contributed by atoms with E-state index in [1.165, 1.54) is 7.11 Å². The van der Waals surface area contributed by atoms with Crippen LogP contribution in [0.1, 0.15) is 22.3 Å². The van der Waals surface area contributed by atoms with E-state index >= 15 is 0 Å². The molecule has 1 aromatic carbocycles. The highest BCUT2D eigenvalue weighted by Gasteiger charge is 2.12. The van der Waals surface area contributed by atoms with E-state index in [-0.39, 0.29) is 5.97 Å². The average Bonchev–Trinajstić information content (AvgIpc) is 2.75. The molecule has 17 heavy (non-hydrogen) atoms. The van der Waals surface area contributed by atoms with Crippen LogP contribution in [0.5, 0.6) is 0 Å².